The van der Waals surface area contributed by atoms with Gasteiger partial charge in [-0.15, -0.1) is 0 Å². The van der Waals surface area contributed by atoms with Crippen LogP contribution in [0, 0.1) is 0 Å². The smallest absolute Gasteiger partial charge is 0.328 e. The van der Waals surface area contributed by atoms with Crippen molar-refractivity contribution in [1.82, 2.24) is 10.3 Å². The fraction of sp³-hybridized carbons (Fsp3) is 0.389. The monoisotopic (exact) mass is 328 g/mol. The number of aromatic nitrogens is 1. The first-order valence-corrected chi connectivity index (χ1v) is 8.12. The van der Waals surface area contributed by atoms with E-state index in [0.29, 0.717) is 23.7 Å². The Morgan fingerprint density at radius 1 is 1.33 bits per heavy atom. The maximum absolute atomic E-state index is 12.6. The summed E-state index contributed by atoms with van der Waals surface area (Å²) >= 11 is 0. The normalized spacial score (nSPS) is 14.9. The van der Waals surface area contributed by atoms with E-state index in [4.69, 9.17) is 9.15 Å². The molecular weight excluding hydrogens is 308 g/mol. The van der Waals surface area contributed by atoms with Crippen molar-refractivity contribution in [2.45, 2.75) is 38.1 Å². The lowest BCUT2D eigenvalue weighted by Crippen LogP contribution is -2.43. The van der Waals surface area contributed by atoms with Gasteiger partial charge in [-0.3, -0.25) is 9.78 Å². The highest BCUT2D eigenvalue weighted by molar-refractivity contribution is 5.97. The molecule has 1 unspecified atom stereocenters. The second kappa shape index (κ2) is 7.29. The number of furan rings is 1. The van der Waals surface area contributed by atoms with Crippen LogP contribution >= 0.6 is 0 Å². The highest BCUT2D eigenvalue weighted by atomic mass is 16.5. The second-order valence-corrected chi connectivity index (χ2v) is 5.81. The topological polar surface area (TPSA) is 81.4 Å². The molecule has 1 aliphatic rings. The van der Waals surface area contributed by atoms with Crippen molar-refractivity contribution >= 4 is 11.9 Å². The van der Waals surface area contributed by atoms with Crippen molar-refractivity contribution < 1.29 is 18.7 Å². The lowest BCUT2D eigenvalue weighted by molar-refractivity contribution is -0.145. The Hall–Kier alpha value is -2.63. The fourth-order valence-corrected chi connectivity index (χ4v) is 2.60. The van der Waals surface area contributed by atoms with Gasteiger partial charge in [0.1, 0.15) is 11.8 Å². The maximum Gasteiger partial charge on any atom is 0.328 e. The lowest BCUT2D eigenvalue weighted by Gasteiger charge is -2.17. The zero-order chi connectivity index (χ0) is 16.9. The van der Waals surface area contributed by atoms with Crippen LogP contribution in [0.3, 0.4) is 0 Å². The fourth-order valence-electron chi connectivity index (χ4n) is 2.60. The van der Waals surface area contributed by atoms with Gasteiger partial charge in [0.15, 0.2) is 0 Å². The molecule has 3 rings (SSSR count). The highest BCUT2D eigenvalue weighted by Crippen LogP contribution is 2.42. The van der Waals surface area contributed by atoms with Crippen LogP contribution < -0.4 is 5.32 Å². The van der Waals surface area contributed by atoms with Crippen molar-refractivity contribution in [3.8, 4) is 0 Å². The average molecular weight is 328 g/mol. The van der Waals surface area contributed by atoms with Gasteiger partial charge in [-0.25, -0.2) is 4.79 Å². The number of ether oxygens (including phenoxy) is 1. The number of nitrogens with zero attached hydrogens (tertiary/aromatic N) is 1. The van der Waals surface area contributed by atoms with E-state index in [-0.39, 0.29) is 12.5 Å². The number of hydrogen-bond acceptors (Lipinski definition) is 5. The van der Waals surface area contributed by atoms with Crippen LogP contribution in [0.1, 0.15) is 47.4 Å². The average Bonchev–Trinajstić information content (AvgIpc) is 3.32. The summed E-state index contributed by atoms with van der Waals surface area (Å²) in [6.45, 7) is 2.01. The summed E-state index contributed by atoms with van der Waals surface area (Å²) in [5.41, 5.74) is 1.40. The Morgan fingerprint density at radius 2 is 2.08 bits per heavy atom. The standard InChI is InChI=1S/C18H20N2O4/c1-2-23-18(22)15(11-12-5-8-19-9-6-12)20-17(21)14-7-10-24-16(14)13-3-4-13/h5-10,13,15H,2-4,11H2,1H3,(H,20,21). The first-order chi connectivity index (χ1) is 11.7. The molecular formula is C18H20N2O4. The molecule has 2 heterocycles. The van der Waals surface area contributed by atoms with E-state index >= 15 is 0 Å². The summed E-state index contributed by atoms with van der Waals surface area (Å²) in [5.74, 6) is 0.276. The quantitative estimate of drug-likeness (QED) is 0.790. The molecule has 0 spiro atoms. The van der Waals surface area contributed by atoms with Crippen LogP contribution in [-0.4, -0.2) is 29.5 Å². The van der Waals surface area contributed by atoms with E-state index < -0.39 is 12.0 Å². The summed E-state index contributed by atoms with van der Waals surface area (Å²) < 4.78 is 10.5. The molecule has 0 aromatic carbocycles. The molecule has 126 valence electrons. The van der Waals surface area contributed by atoms with Crippen LogP contribution in [0.2, 0.25) is 0 Å². The third-order valence-corrected chi connectivity index (χ3v) is 3.95. The van der Waals surface area contributed by atoms with Crippen LogP contribution in [0.25, 0.3) is 0 Å². The van der Waals surface area contributed by atoms with Gasteiger partial charge in [0, 0.05) is 24.7 Å². The van der Waals surface area contributed by atoms with E-state index in [9.17, 15) is 9.59 Å². The lowest BCUT2D eigenvalue weighted by atomic mass is 10.1. The van der Waals surface area contributed by atoms with Gasteiger partial charge in [-0.05, 0) is 43.5 Å². The molecule has 1 N–H and O–H groups in total. The Bertz CT molecular complexity index is 707. The summed E-state index contributed by atoms with van der Waals surface area (Å²) in [6, 6.07) is 4.52. The van der Waals surface area contributed by atoms with Gasteiger partial charge < -0.3 is 14.5 Å². The predicted octanol–water partition coefficient (Wildman–Crippen LogP) is 2.46. The Balaban J connectivity index is 1.74. The highest BCUT2D eigenvalue weighted by Gasteiger charge is 2.32. The molecule has 0 bridgehead atoms. The van der Waals surface area contributed by atoms with Gasteiger partial charge in [0.05, 0.1) is 18.4 Å². The zero-order valence-electron chi connectivity index (χ0n) is 13.5. The van der Waals surface area contributed by atoms with E-state index in [1.54, 1.807) is 25.4 Å². The molecule has 1 amide bonds. The number of amides is 1. The summed E-state index contributed by atoms with van der Waals surface area (Å²) in [6.07, 6.45) is 7.24. The Morgan fingerprint density at radius 3 is 2.75 bits per heavy atom. The van der Waals surface area contributed by atoms with Crippen LogP contribution in [0.4, 0.5) is 0 Å². The predicted molar refractivity (Wildman–Crippen MR) is 86.5 cm³/mol. The van der Waals surface area contributed by atoms with Gasteiger partial charge >= 0.3 is 5.97 Å². The van der Waals surface area contributed by atoms with E-state index in [2.05, 4.69) is 10.3 Å². The van der Waals surface area contributed by atoms with Gasteiger partial charge in [0.25, 0.3) is 5.91 Å². The molecule has 6 nitrogen and oxygen atoms in total. The summed E-state index contributed by atoms with van der Waals surface area (Å²) in [5, 5.41) is 2.78. The molecule has 0 aliphatic heterocycles. The van der Waals surface area contributed by atoms with Crippen LogP contribution in [0.15, 0.2) is 41.3 Å². The van der Waals surface area contributed by atoms with Gasteiger partial charge in [0.2, 0.25) is 0 Å². The maximum atomic E-state index is 12.6. The number of rotatable bonds is 7. The second-order valence-electron chi connectivity index (χ2n) is 5.81. The largest absolute Gasteiger partial charge is 0.468 e. The number of esters is 1. The van der Waals surface area contributed by atoms with Crippen molar-refractivity contribution in [2.24, 2.45) is 0 Å². The molecule has 6 heteroatoms. The first-order valence-electron chi connectivity index (χ1n) is 8.12. The molecule has 2 aromatic rings. The van der Waals surface area contributed by atoms with Crippen LogP contribution in [-0.2, 0) is 16.0 Å². The first kappa shape index (κ1) is 16.2. The van der Waals surface area contributed by atoms with Gasteiger partial charge in [-0.2, -0.15) is 0 Å². The molecule has 1 saturated carbocycles. The van der Waals surface area contributed by atoms with Crippen molar-refractivity contribution in [2.75, 3.05) is 6.61 Å². The molecule has 0 radical (unpaired) electrons. The Kier molecular flexibility index (Phi) is 4.93. The van der Waals surface area contributed by atoms with E-state index in [0.717, 1.165) is 18.4 Å². The number of carbonyl (C=O) groups is 2. The van der Waals surface area contributed by atoms with Crippen molar-refractivity contribution in [1.29, 1.82) is 0 Å². The minimum atomic E-state index is -0.748. The minimum absolute atomic E-state index is 0.264. The van der Waals surface area contributed by atoms with Crippen molar-refractivity contribution in [3.05, 3.63) is 53.7 Å². The molecule has 1 fully saturated rings. The van der Waals surface area contributed by atoms with Crippen molar-refractivity contribution in [3.63, 3.8) is 0 Å². The number of hydrogen-bond donors (Lipinski definition) is 1. The molecule has 1 atom stereocenters. The zero-order valence-corrected chi connectivity index (χ0v) is 13.5. The Labute approximate surface area is 140 Å². The minimum Gasteiger partial charge on any atom is -0.468 e. The van der Waals surface area contributed by atoms with Crippen LogP contribution in [0.5, 0.6) is 0 Å². The molecule has 2 aromatic heterocycles. The van der Waals surface area contributed by atoms with Gasteiger partial charge in [-0.1, -0.05) is 0 Å². The third kappa shape index (κ3) is 3.82. The molecule has 0 saturated heterocycles. The van der Waals surface area contributed by atoms with E-state index in [1.807, 2.05) is 12.1 Å². The number of nitrogens with one attached hydrogen (secondary N) is 1. The third-order valence-electron chi connectivity index (χ3n) is 3.95. The SMILES string of the molecule is CCOC(=O)C(Cc1ccncc1)NC(=O)c1ccoc1C1CC1. The number of pyridine rings is 1. The van der Waals surface area contributed by atoms with E-state index in [1.165, 1.54) is 6.26 Å². The summed E-state index contributed by atoms with van der Waals surface area (Å²) in [4.78, 5) is 28.7. The molecule has 1 aliphatic carbocycles. The summed E-state index contributed by atoms with van der Waals surface area (Å²) in [7, 11) is 0. The number of carbonyl (C=O) groups excluding carboxylic acids is 2. The molecule has 24 heavy (non-hydrogen) atoms.